The van der Waals surface area contributed by atoms with Gasteiger partial charge in [0.1, 0.15) is 11.6 Å². The highest BCUT2D eigenvalue weighted by Gasteiger charge is 2.29. The van der Waals surface area contributed by atoms with E-state index in [0.717, 1.165) is 76.3 Å². The summed E-state index contributed by atoms with van der Waals surface area (Å²) in [6.45, 7) is 18.1. The second-order valence-corrected chi connectivity index (χ2v) is 19.1. The third-order valence-electron chi connectivity index (χ3n) is 12.9. The molecule has 344 valence electrons. The highest BCUT2D eigenvalue weighted by molar-refractivity contribution is 5.76. The normalized spacial score (nSPS) is 16.3. The lowest BCUT2D eigenvalue weighted by atomic mass is 9.77. The highest BCUT2D eigenvalue weighted by Crippen LogP contribution is 2.41. The fraction of sp³-hybridized carbons (Fsp3) is 0.611. The number of rotatable bonds is 26. The molecule has 62 heavy (non-hydrogen) atoms. The van der Waals surface area contributed by atoms with Crippen molar-refractivity contribution in [2.24, 2.45) is 16.7 Å². The third-order valence-corrected chi connectivity index (χ3v) is 12.9. The van der Waals surface area contributed by atoms with Crippen LogP contribution in [0, 0.1) is 22.6 Å². The molecule has 1 aliphatic rings. The smallest absolute Gasteiger partial charge is 0.311 e. The minimum absolute atomic E-state index is 0.134. The lowest BCUT2D eigenvalue weighted by Gasteiger charge is -2.30. The molecule has 0 spiro atoms. The van der Waals surface area contributed by atoms with Crippen LogP contribution in [-0.4, -0.2) is 60.6 Å². The molecule has 3 N–H and O–H groups in total. The summed E-state index contributed by atoms with van der Waals surface area (Å²) in [4.78, 5) is 12.6. The van der Waals surface area contributed by atoms with Gasteiger partial charge < -0.3 is 29.5 Å². The fourth-order valence-corrected chi connectivity index (χ4v) is 8.92. The van der Waals surface area contributed by atoms with Crippen molar-refractivity contribution < 1.29 is 38.7 Å². The van der Waals surface area contributed by atoms with E-state index in [-0.39, 0.29) is 31.6 Å². The molecule has 3 aromatic rings. The minimum atomic E-state index is -1.04. The maximum Gasteiger partial charge on any atom is 0.311 e. The first kappa shape index (κ1) is 51.1. The molecule has 0 bridgehead atoms. The number of carbonyl (C=O) groups is 1. The van der Waals surface area contributed by atoms with Gasteiger partial charge in [-0.05, 0) is 173 Å². The summed E-state index contributed by atoms with van der Waals surface area (Å²) in [5.41, 5.74) is 6.95. The molecular weight excluding hydrogens is 780 g/mol. The van der Waals surface area contributed by atoms with E-state index in [9.17, 15) is 20.1 Å². The largest absolute Gasteiger partial charge is 0.493 e. The molecule has 0 aromatic heterocycles. The van der Waals surface area contributed by atoms with Gasteiger partial charge in [-0.15, -0.1) is 0 Å². The van der Waals surface area contributed by atoms with E-state index >= 15 is 4.39 Å². The van der Waals surface area contributed by atoms with Crippen LogP contribution < -0.4 is 4.74 Å². The highest BCUT2D eigenvalue weighted by atomic mass is 19.1. The second kappa shape index (κ2) is 25.1. The summed E-state index contributed by atoms with van der Waals surface area (Å²) in [7, 11) is 0. The zero-order valence-electron chi connectivity index (χ0n) is 39.3. The van der Waals surface area contributed by atoms with Crippen molar-refractivity contribution in [3.05, 3.63) is 88.8 Å². The summed E-state index contributed by atoms with van der Waals surface area (Å²) < 4.78 is 34.0. The van der Waals surface area contributed by atoms with Crippen LogP contribution in [0.15, 0.2) is 60.7 Å². The SMILES string of the molecule is C=C(C)C(O)OCCCc1cc(-c2ccc(-c3ccc(C4CCC(CCCCC)CC4)cc3F)cc2CC)cc(CCCOC(=O)C(C)(C)C)c1OCCC(CO)(CO)CCC. The number of aliphatic hydroxyl groups is 3. The Morgan fingerprint density at radius 3 is 2.02 bits per heavy atom. The molecule has 4 rings (SSSR count). The predicted molar refractivity (Wildman–Crippen MR) is 251 cm³/mol. The minimum Gasteiger partial charge on any atom is -0.493 e. The Morgan fingerprint density at radius 1 is 0.790 bits per heavy atom. The Hall–Kier alpha value is -3.56. The molecular formula is C54H79FO7. The number of unbranched alkanes of at least 4 members (excludes halogenated alkanes) is 2. The molecule has 1 saturated carbocycles. The molecule has 1 unspecified atom stereocenters. The predicted octanol–water partition coefficient (Wildman–Crippen LogP) is 12.5. The summed E-state index contributed by atoms with van der Waals surface area (Å²) in [5.74, 6) is 1.54. The van der Waals surface area contributed by atoms with Crippen LogP contribution in [0.25, 0.3) is 22.3 Å². The van der Waals surface area contributed by atoms with Crippen LogP contribution in [0.1, 0.15) is 160 Å². The van der Waals surface area contributed by atoms with Crippen molar-refractivity contribution in [3.8, 4) is 28.0 Å². The van der Waals surface area contributed by atoms with Crippen LogP contribution >= 0.6 is 0 Å². The Labute approximate surface area is 373 Å². The fourth-order valence-electron chi connectivity index (χ4n) is 8.92. The van der Waals surface area contributed by atoms with E-state index in [4.69, 9.17) is 14.2 Å². The molecule has 0 heterocycles. The zero-order chi connectivity index (χ0) is 45.3. The molecule has 8 heteroatoms. The zero-order valence-corrected chi connectivity index (χ0v) is 39.3. The summed E-state index contributed by atoms with van der Waals surface area (Å²) in [5, 5.41) is 30.8. The topological polar surface area (TPSA) is 105 Å². The van der Waals surface area contributed by atoms with Gasteiger partial charge in [-0.3, -0.25) is 4.79 Å². The van der Waals surface area contributed by atoms with Gasteiger partial charge in [-0.25, -0.2) is 4.39 Å². The van der Waals surface area contributed by atoms with Crippen molar-refractivity contribution in [2.75, 3.05) is 33.0 Å². The second-order valence-electron chi connectivity index (χ2n) is 19.1. The van der Waals surface area contributed by atoms with Crippen molar-refractivity contribution >= 4 is 5.97 Å². The van der Waals surface area contributed by atoms with Crippen LogP contribution in [0.2, 0.25) is 0 Å². The molecule has 0 amide bonds. The molecule has 0 saturated heterocycles. The maximum absolute atomic E-state index is 16.0. The van der Waals surface area contributed by atoms with Gasteiger partial charge in [0.05, 0.1) is 38.4 Å². The number of hydrogen-bond acceptors (Lipinski definition) is 7. The number of hydrogen-bond donors (Lipinski definition) is 3. The number of esters is 1. The average molecular weight is 859 g/mol. The standard InChI is InChI=1S/C54H79FO7/c1-9-12-13-16-39-19-21-41(22-20-39)42-23-26-48(49(55)35-42)43-24-25-47(40(11-3)32-43)46-33-44(17-14-29-61-51(58)38(4)5)50(60-31-28-54(36-56,37-57)27-10-2)45(34-46)18-15-30-62-52(59)53(6,7)8/h23-26,32-35,39,41,51,56-58H,4,9-22,27-31,36-37H2,1-3,5-8H3. The van der Waals surface area contributed by atoms with Crippen molar-refractivity contribution in [1.82, 2.24) is 0 Å². The van der Waals surface area contributed by atoms with E-state index in [2.05, 4.69) is 50.8 Å². The van der Waals surface area contributed by atoms with Gasteiger partial charge in [0.25, 0.3) is 0 Å². The number of benzene rings is 3. The van der Waals surface area contributed by atoms with Gasteiger partial charge in [-0.2, -0.15) is 0 Å². The van der Waals surface area contributed by atoms with Crippen molar-refractivity contribution in [1.29, 1.82) is 0 Å². The Balaban J connectivity index is 1.68. The van der Waals surface area contributed by atoms with Crippen molar-refractivity contribution in [3.63, 3.8) is 0 Å². The van der Waals surface area contributed by atoms with Gasteiger partial charge in [0.15, 0.2) is 6.29 Å². The molecule has 1 aliphatic carbocycles. The third kappa shape index (κ3) is 14.8. The molecule has 7 nitrogen and oxygen atoms in total. The first-order valence-electron chi connectivity index (χ1n) is 23.7. The average Bonchev–Trinajstić information content (AvgIpc) is 3.26. The van der Waals surface area contributed by atoms with E-state index in [1.165, 1.54) is 38.5 Å². The summed E-state index contributed by atoms with van der Waals surface area (Å²) >= 11 is 0. The summed E-state index contributed by atoms with van der Waals surface area (Å²) in [6.07, 6.45) is 14.0. The van der Waals surface area contributed by atoms with E-state index in [1.54, 1.807) is 13.0 Å². The quantitative estimate of drug-likeness (QED) is 0.0319. The number of halogens is 1. The molecule has 3 aromatic carbocycles. The Morgan fingerprint density at radius 2 is 1.44 bits per heavy atom. The van der Waals surface area contributed by atoms with E-state index in [1.807, 2.05) is 39.8 Å². The van der Waals surface area contributed by atoms with Gasteiger partial charge in [-0.1, -0.05) is 89.8 Å². The lowest BCUT2D eigenvalue weighted by molar-refractivity contribution is -0.153. The molecule has 0 radical (unpaired) electrons. The van der Waals surface area contributed by atoms with E-state index in [0.29, 0.717) is 68.8 Å². The van der Waals surface area contributed by atoms with Crippen LogP contribution in [0.3, 0.4) is 0 Å². The van der Waals surface area contributed by atoms with Crippen LogP contribution in [-0.2, 0) is 33.5 Å². The van der Waals surface area contributed by atoms with Crippen LogP contribution in [0.5, 0.6) is 5.75 Å². The number of aryl methyl sites for hydroxylation is 3. The van der Waals surface area contributed by atoms with Gasteiger partial charge in [0, 0.05) is 11.0 Å². The number of aliphatic hydroxyl groups excluding tert-OH is 3. The van der Waals surface area contributed by atoms with Gasteiger partial charge >= 0.3 is 5.97 Å². The first-order chi connectivity index (χ1) is 29.7. The Kier molecular flexibility index (Phi) is 20.6. The lowest BCUT2D eigenvalue weighted by Crippen LogP contribution is -2.31. The molecule has 1 atom stereocenters. The maximum atomic E-state index is 16.0. The van der Waals surface area contributed by atoms with E-state index < -0.39 is 17.1 Å². The van der Waals surface area contributed by atoms with Crippen molar-refractivity contribution in [2.45, 2.75) is 163 Å². The van der Waals surface area contributed by atoms with Gasteiger partial charge in [0.2, 0.25) is 0 Å². The number of ether oxygens (including phenoxy) is 3. The van der Waals surface area contributed by atoms with Crippen LogP contribution in [0.4, 0.5) is 4.39 Å². The first-order valence-corrected chi connectivity index (χ1v) is 23.7. The molecule has 0 aliphatic heterocycles. The molecule has 1 fully saturated rings. The monoisotopic (exact) mass is 859 g/mol. The Bertz CT molecular complexity index is 1850. The summed E-state index contributed by atoms with van der Waals surface area (Å²) in [6, 6.07) is 16.4. The number of carbonyl (C=O) groups excluding carboxylic acids is 1.